The molecule has 7 heteroatoms. The zero-order valence-corrected chi connectivity index (χ0v) is 14.7. The Morgan fingerprint density at radius 2 is 1.57 bits per heavy atom. The number of carbonyl (C=O) groups is 2. The Kier molecular flexibility index (Phi) is 5.76. The van der Waals surface area contributed by atoms with Crippen LogP contribution in [0.1, 0.15) is 15.9 Å². The van der Waals surface area contributed by atoms with Crippen LogP contribution in [0, 0.1) is 0 Å². The van der Waals surface area contributed by atoms with Crippen LogP contribution >= 0.6 is 0 Å². The molecule has 3 aromatic carbocycles. The highest BCUT2D eigenvalue weighted by atomic mass is 16.6. The van der Waals surface area contributed by atoms with E-state index < -0.39 is 17.8 Å². The highest BCUT2D eigenvalue weighted by Crippen LogP contribution is 2.23. The SMILES string of the molecule is O=C(Nc1ccc(C(=O)O)c(O)c1)Oc1ccc(OCc2ccccc2)cc1. The number of carboxylic acid groups (broad SMARTS) is 1. The second-order valence-electron chi connectivity index (χ2n) is 5.80. The average molecular weight is 379 g/mol. The van der Waals surface area contributed by atoms with Crippen LogP contribution in [0.5, 0.6) is 17.2 Å². The minimum atomic E-state index is -1.26. The number of rotatable bonds is 6. The molecular weight excluding hydrogens is 362 g/mol. The van der Waals surface area contributed by atoms with Gasteiger partial charge in [-0.3, -0.25) is 5.32 Å². The third-order valence-electron chi connectivity index (χ3n) is 3.76. The summed E-state index contributed by atoms with van der Waals surface area (Å²) in [5.74, 6) is -0.784. The van der Waals surface area contributed by atoms with Crippen molar-refractivity contribution in [1.82, 2.24) is 0 Å². The molecule has 0 aliphatic heterocycles. The number of hydrogen-bond acceptors (Lipinski definition) is 5. The molecule has 0 unspecified atom stereocenters. The number of aromatic hydroxyl groups is 1. The van der Waals surface area contributed by atoms with Crippen molar-refractivity contribution in [3.8, 4) is 17.2 Å². The Morgan fingerprint density at radius 1 is 0.893 bits per heavy atom. The number of carboxylic acids is 1. The smallest absolute Gasteiger partial charge is 0.417 e. The van der Waals surface area contributed by atoms with Crippen LogP contribution in [-0.4, -0.2) is 22.3 Å². The van der Waals surface area contributed by atoms with Gasteiger partial charge in [0, 0.05) is 11.8 Å². The number of anilines is 1. The van der Waals surface area contributed by atoms with Crippen molar-refractivity contribution in [2.75, 3.05) is 5.32 Å². The lowest BCUT2D eigenvalue weighted by atomic mass is 10.2. The van der Waals surface area contributed by atoms with E-state index in [-0.39, 0.29) is 11.3 Å². The van der Waals surface area contributed by atoms with Gasteiger partial charge < -0.3 is 19.7 Å². The average Bonchev–Trinajstić information content (AvgIpc) is 2.68. The summed E-state index contributed by atoms with van der Waals surface area (Å²) in [6.07, 6.45) is -0.777. The molecule has 0 saturated heterocycles. The molecule has 1 amide bonds. The topological polar surface area (TPSA) is 105 Å². The first-order valence-corrected chi connectivity index (χ1v) is 8.33. The van der Waals surface area contributed by atoms with E-state index in [1.165, 1.54) is 12.1 Å². The fourth-order valence-corrected chi connectivity index (χ4v) is 2.39. The van der Waals surface area contributed by atoms with Crippen molar-refractivity contribution in [2.45, 2.75) is 6.61 Å². The summed E-state index contributed by atoms with van der Waals surface area (Å²) < 4.78 is 10.8. The Hall–Kier alpha value is -4.00. The Bertz CT molecular complexity index is 970. The molecule has 142 valence electrons. The Morgan fingerprint density at radius 3 is 2.21 bits per heavy atom. The van der Waals surface area contributed by atoms with Gasteiger partial charge in [-0.25, -0.2) is 9.59 Å². The lowest BCUT2D eigenvalue weighted by Gasteiger charge is -2.09. The third-order valence-corrected chi connectivity index (χ3v) is 3.76. The van der Waals surface area contributed by atoms with Gasteiger partial charge in [0.05, 0.1) is 0 Å². The maximum atomic E-state index is 11.9. The van der Waals surface area contributed by atoms with E-state index in [1.54, 1.807) is 24.3 Å². The maximum absolute atomic E-state index is 11.9. The second-order valence-corrected chi connectivity index (χ2v) is 5.80. The fourth-order valence-electron chi connectivity index (χ4n) is 2.39. The van der Waals surface area contributed by atoms with Crippen LogP contribution in [0.15, 0.2) is 72.8 Å². The number of hydrogen-bond donors (Lipinski definition) is 3. The normalized spacial score (nSPS) is 10.1. The van der Waals surface area contributed by atoms with E-state index in [4.69, 9.17) is 14.6 Å². The number of carbonyl (C=O) groups excluding carboxylic acids is 1. The van der Waals surface area contributed by atoms with Gasteiger partial charge in [0.1, 0.15) is 29.4 Å². The second kappa shape index (κ2) is 8.59. The lowest BCUT2D eigenvalue weighted by molar-refractivity contribution is 0.0693. The molecular formula is C21H17NO6. The van der Waals surface area contributed by atoms with Gasteiger partial charge in [0.15, 0.2) is 0 Å². The number of phenols is 1. The Labute approximate surface area is 160 Å². The number of amides is 1. The van der Waals surface area contributed by atoms with E-state index in [0.717, 1.165) is 11.6 Å². The van der Waals surface area contributed by atoms with Gasteiger partial charge in [-0.15, -0.1) is 0 Å². The van der Waals surface area contributed by atoms with Gasteiger partial charge in [-0.2, -0.15) is 0 Å². The quantitative estimate of drug-likeness (QED) is 0.590. The highest BCUT2D eigenvalue weighted by molar-refractivity contribution is 5.93. The molecule has 3 rings (SSSR count). The summed E-state index contributed by atoms with van der Waals surface area (Å²) in [5, 5.41) is 20.9. The number of ether oxygens (including phenoxy) is 2. The van der Waals surface area contributed by atoms with Crippen LogP contribution in [0.2, 0.25) is 0 Å². The minimum Gasteiger partial charge on any atom is -0.507 e. The number of aromatic carboxylic acids is 1. The van der Waals surface area contributed by atoms with Gasteiger partial charge in [0.2, 0.25) is 0 Å². The van der Waals surface area contributed by atoms with E-state index in [1.807, 2.05) is 30.3 Å². The summed E-state index contributed by atoms with van der Waals surface area (Å²) >= 11 is 0. The zero-order chi connectivity index (χ0) is 19.9. The molecule has 0 heterocycles. The van der Waals surface area contributed by atoms with E-state index in [2.05, 4.69) is 5.32 Å². The van der Waals surface area contributed by atoms with Crippen molar-refractivity contribution < 1.29 is 29.3 Å². The molecule has 0 fully saturated rings. The summed E-state index contributed by atoms with van der Waals surface area (Å²) in [4.78, 5) is 22.8. The van der Waals surface area contributed by atoms with Gasteiger partial charge in [0.25, 0.3) is 0 Å². The minimum absolute atomic E-state index is 0.204. The highest BCUT2D eigenvalue weighted by Gasteiger charge is 2.12. The maximum Gasteiger partial charge on any atom is 0.417 e. The molecule has 7 nitrogen and oxygen atoms in total. The monoisotopic (exact) mass is 379 g/mol. The molecule has 3 aromatic rings. The third kappa shape index (κ3) is 5.01. The molecule has 0 atom stereocenters. The van der Waals surface area contributed by atoms with Crippen LogP contribution in [0.4, 0.5) is 10.5 Å². The molecule has 0 spiro atoms. The van der Waals surface area contributed by atoms with E-state index in [9.17, 15) is 14.7 Å². The zero-order valence-electron chi connectivity index (χ0n) is 14.7. The molecule has 0 aromatic heterocycles. The predicted octanol–water partition coefficient (Wildman–Crippen LogP) is 4.28. The molecule has 0 saturated carbocycles. The molecule has 28 heavy (non-hydrogen) atoms. The van der Waals surface area contributed by atoms with Crippen LogP contribution < -0.4 is 14.8 Å². The van der Waals surface area contributed by atoms with Crippen LogP contribution in [0.25, 0.3) is 0 Å². The van der Waals surface area contributed by atoms with Crippen LogP contribution in [-0.2, 0) is 6.61 Å². The standard InChI is InChI=1S/C21H17NO6/c23-19-12-15(6-11-18(19)20(24)25)22-21(26)28-17-9-7-16(8-10-17)27-13-14-4-2-1-3-5-14/h1-12,23H,13H2,(H,22,26)(H,24,25). The Balaban J connectivity index is 1.54. The van der Waals surface area contributed by atoms with Gasteiger partial charge in [-0.05, 0) is 42.0 Å². The lowest BCUT2D eigenvalue weighted by Crippen LogP contribution is -2.16. The largest absolute Gasteiger partial charge is 0.507 e. The summed E-state index contributed by atoms with van der Waals surface area (Å²) in [6, 6.07) is 19.9. The summed E-state index contributed by atoms with van der Waals surface area (Å²) in [5.41, 5.74) is 0.986. The molecule has 0 bridgehead atoms. The molecule has 3 N–H and O–H groups in total. The van der Waals surface area contributed by atoms with Crippen molar-refractivity contribution in [2.24, 2.45) is 0 Å². The van der Waals surface area contributed by atoms with Crippen molar-refractivity contribution in [1.29, 1.82) is 0 Å². The number of nitrogens with one attached hydrogen (secondary N) is 1. The first-order chi connectivity index (χ1) is 13.5. The summed E-state index contributed by atoms with van der Waals surface area (Å²) in [7, 11) is 0. The summed E-state index contributed by atoms with van der Waals surface area (Å²) in [6.45, 7) is 0.428. The molecule has 0 aliphatic carbocycles. The van der Waals surface area contributed by atoms with Crippen molar-refractivity contribution >= 4 is 17.7 Å². The van der Waals surface area contributed by atoms with Crippen molar-refractivity contribution in [3.63, 3.8) is 0 Å². The predicted molar refractivity (Wildman–Crippen MR) is 102 cm³/mol. The van der Waals surface area contributed by atoms with Crippen LogP contribution in [0.3, 0.4) is 0 Å². The number of benzene rings is 3. The van der Waals surface area contributed by atoms with E-state index in [0.29, 0.717) is 18.1 Å². The van der Waals surface area contributed by atoms with E-state index >= 15 is 0 Å². The first-order valence-electron chi connectivity index (χ1n) is 8.33. The van der Waals surface area contributed by atoms with Crippen molar-refractivity contribution in [3.05, 3.63) is 83.9 Å². The first kappa shape index (κ1) is 18.8. The molecule has 0 aliphatic rings. The fraction of sp³-hybridized carbons (Fsp3) is 0.0476. The van der Waals surface area contributed by atoms with Gasteiger partial charge >= 0.3 is 12.1 Å². The molecule has 0 radical (unpaired) electrons. The van der Waals surface area contributed by atoms with Gasteiger partial charge in [-0.1, -0.05) is 30.3 Å².